The summed E-state index contributed by atoms with van der Waals surface area (Å²) in [5, 5.41) is 3.08. The average Bonchev–Trinajstić information content (AvgIpc) is 3.53. The number of piperazine rings is 1. The van der Waals surface area contributed by atoms with Crippen molar-refractivity contribution < 1.29 is 23.1 Å². The molecule has 6 rings (SSSR count). The lowest BCUT2D eigenvalue weighted by Gasteiger charge is -2.41. The lowest BCUT2D eigenvalue weighted by Crippen LogP contribution is -2.55. The second-order valence-electron chi connectivity index (χ2n) is 12.8. The lowest BCUT2D eigenvalue weighted by molar-refractivity contribution is 0.0434. The van der Waals surface area contributed by atoms with Gasteiger partial charge in [-0.15, -0.1) is 0 Å². The molecule has 1 N–H and O–H groups in total. The number of nitrogens with one attached hydrogen (secondary N) is 1. The first-order valence-electron chi connectivity index (χ1n) is 17.0. The van der Waals surface area contributed by atoms with E-state index in [1.807, 2.05) is 60.4 Å². The van der Waals surface area contributed by atoms with E-state index in [1.54, 1.807) is 6.33 Å². The fraction of sp³-hybridized carbons (Fsp3) is 0.395. The van der Waals surface area contributed by atoms with Crippen molar-refractivity contribution in [2.45, 2.75) is 70.1 Å². The third kappa shape index (κ3) is 7.93. The zero-order valence-corrected chi connectivity index (χ0v) is 27.4. The Bertz CT molecular complexity index is 1660. The molecule has 2 aliphatic rings. The van der Waals surface area contributed by atoms with E-state index in [4.69, 9.17) is 9.72 Å². The minimum absolute atomic E-state index is 0.119. The van der Waals surface area contributed by atoms with Gasteiger partial charge in [-0.1, -0.05) is 80.4 Å². The van der Waals surface area contributed by atoms with Crippen molar-refractivity contribution in [3.63, 3.8) is 0 Å². The van der Waals surface area contributed by atoms with E-state index in [0.29, 0.717) is 56.2 Å². The van der Waals surface area contributed by atoms with Crippen LogP contribution < -0.4 is 5.32 Å². The highest BCUT2D eigenvalue weighted by atomic mass is 19.1. The van der Waals surface area contributed by atoms with Gasteiger partial charge in [-0.05, 0) is 48.9 Å². The van der Waals surface area contributed by atoms with Crippen LogP contribution in [0.15, 0.2) is 85.2 Å². The van der Waals surface area contributed by atoms with E-state index in [2.05, 4.69) is 26.9 Å². The van der Waals surface area contributed by atoms with Crippen LogP contribution in [-0.2, 0) is 17.7 Å². The standard InChI is InChI=1S/C38H43F2N5O3/c1-2-19-48-38(47)42-33-15-9-10-16-34(33)45-26-41-35(36(45)29-13-7-4-8-14-29)37(46)44-18-17-43(24-27-11-5-3-6-12-27)25-32(44)22-28-20-30(39)23-31(40)21-28/h3-8,11-14,20-21,23,26,32-34H,2,9-10,15-19,22,24-25H2,1H3,(H,42,47)/t32-,33+,34+/m1/s1. The first-order chi connectivity index (χ1) is 23.4. The van der Waals surface area contributed by atoms with Gasteiger partial charge >= 0.3 is 6.09 Å². The third-order valence-electron chi connectivity index (χ3n) is 9.34. The molecule has 1 aromatic heterocycles. The predicted molar refractivity (Wildman–Crippen MR) is 180 cm³/mol. The Balaban J connectivity index is 1.33. The monoisotopic (exact) mass is 655 g/mol. The minimum Gasteiger partial charge on any atom is -0.450 e. The predicted octanol–water partition coefficient (Wildman–Crippen LogP) is 7.02. The van der Waals surface area contributed by atoms with Gasteiger partial charge in [0.05, 0.1) is 30.7 Å². The summed E-state index contributed by atoms with van der Waals surface area (Å²) in [4.78, 5) is 36.1. The zero-order chi connectivity index (χ0) is 33.5. The maximum Gasteiger partial charge on any atom is 0.407 e. The second-order valence-corrected chi connectivity index (χ2v) is 12.8. The van der Waals surface area contributed by atoms with Crippen LogP contribution in [0.2, 0.25) is 0 Å². The summed E-state index contributed by atoms with van der Waals surface area (Å²) in [6.45, 7) is 4.63. The van der Waals surface area contributed by atoms with Gasteiger partial charge in [0.2, 0.25) is 0 Å². The summed E-state index contributed by atoms with van der Waals surface area (Å²) in [7, 11) is 0. The molecule has 4 aromatic rings. The molecule has 0 bridgehead atoms. The van der Waals surface area contributed by atoms with Gasteiger partial charge in [0, 0.05) is 43.9 Å². The van der Waals surface area contributed by atoms with Crippen molar-refractivity contribution in [1.82, 2.24) is 24.7 Å². The zero-order valence-electron chi connectivity index (χ0n) is 27.4. The number of ether oxygens (including phenoxy) is 1. The number of imidazole rings is 1. The molecule has 1 saturated heterocycles. The maximum absolute atomic E-state index is 14.7. The highest BCUT2D eigenvalue weighted by molar-refractivity contribution is 5.98. The number of amides is 2. The van der Waals surface area contributed by atoms with Crippen molar-refractivity contribution in [2.75, 3.05) is 26.2 Å². The molecule has 8 nitrogen and oxygen atoms in total. The fourth-order valence-electron chi connectivity index (χ4n) is 7.14. The van der Waals surface area contributed by atoms with Crippen LogP contribution in [0.25, 0.3) is 11.3 Å². The molecule has 2 amide bonds. The van der Waals surface area contributed by atoms with E-state index in [1.165, 1.54) is 12.1 Å². The van der Waals surface area contributed by atoms with Crippen molar-refractivity contribution in [2.24, 2.45) is 0 Å². The van der Waals surface area contributed by atoms with Gasteiger partial charge in [0.1, 0.15) is 11.6 Å². The highest BCUT2D eigenvalue weighted by Crippen LogP contribution is 2.35. The number of carbonyl (C=O) groups is 2. The second kappa shape index (κ2) is 15.6. The Morgan fingerprint density at radius 2 is 1.62 bits per heavy atom. The van der Waals surface area contributed by atoms with Crippen molar-refractivity contribution in [1.29, 1.82) is 0 Å². The van der Waals surface area contributed by atoms with Crippen LogP contribution >= 0.6 is 0 Å². The van der Waals surface area contributed by atoms with Crippen LogP contribution in [0.4, 0.5) is 13.6 Å². The summed E-state index contributed by atoms with van der Waals surface area (Å²) in [6, 6.07) is 22.8. The normalized spacial score (nSPS) is 20.0. The molecule has 1 saturated carbocycles. The number of rotatable bonds is 10. The summed E-state index contributed by atoms with van der Waals surface area (Å²) < 4.78 is 36.0. The minimum atomic E-state index is -0.640. The first kappa shape index (κ1) is 33.3. The van der Waals surface area contributed by atoms with Crippen LogP contribution in [-0.4, -0.2) is 69.7 Å². The van der Waals surface area contributed by atoms with Gasteiger partial charge < -0.3 is 19.5 Å². The SMILES string of the molecule is CCCOC(=O)N[C@H]1CCCC[C@@H]1n1cnc(C(=O)N2CCN(Cc3ccccc3)C[C@H]2Cc2cc(F)cc(F)c2)c1-c1ccccc1. The molecular weight excluding hydrogens is 612 g/mol. The molecule has 0 radical (unpaired) electrons. The average molecular weight is 656 g/mol. The van der Waals surface area contributed by atoms with Crippen molar-refractivity contribution in [3.8, 4) is 11.3 Å². The van der Waals surface area contributed by atoms with E-state index >= 15 is 0 Å². The number of benzene rings is 3. The Morgan fingerprint density at radius 3 is 2.35 bits per heavy atom. The van der Waals surface area contributed by atoms with E-state index in [9.17, 15) is 18.4 Å². The lowest BCUT2D eigenvalue weighted by atomic mass is 9.89. The van der Waals surface area contributed by atoms with Crippen LogP contribution in [0.1, 0.15) is 66.7 Å². The number of alkyl carbamates (subject to hydrolysis) is 1. The number of aromatic nitrogens is 2. The van der Waals surface area contributed by atoms with Crippen molar-refractivity contribution in [3.05, 3.63) is 114 Å². The number of carbonyl (C=O) groups excluding carboxylic acids is 2. The number of hydrogen-bond donors (Lipinski definition) is 1. The largest absolute Gasteiger partial charge is 0.450 e. The van der Waals surface area contributed by atoms with E-state index < -0.39 is 17.7 Å². The molecule has 2 fully saturated rings. The van der Waals surface area contributed by atoms with Crippen LogP contribution in [0.3, 0.4) is 0 Å². The smallest absolute Gasteiger partial charge is 0.407 e. The Hall–Kier alpha value is -4.57. The van der Waals surface area contributed by atoms with E-state index in [0.717, 1.165) is 49.3 Å². The molecule has 0 unspecified atom stereocenters. The maximum atomic E-state index is 14.7. The highest BCUT2D eigenvalue weighted by Gasteiger charge is 2.36. The number of nitrogens with zero attached hydrogens (tertiary/aromatic N) is 4. The van der Waals surface area contributed by atoms with Gasteiger partial charge in [-0.2, -0.15) is 0 Å². The quantitative estimate of drug-likeness (QED) is 0.199. The molecular formula is C38H43F2N5O3. The fourth-order valence-corrected chi connectivity index (χ4v) is 7.14. The summed E-state index contributed by atoms with van der Waals surface area (Å²) in [5.74, 6) is -1.50. The van der Waals surface area contributed by atoms with Crippen LogP contribution in [0, 0.1) is 11.6 Å². The Labute approximate surface area is 280 Å². The topological polar surface area (TPSA) is 79.7 Å². The van der Waals surface area contributed by atoms with Crippen LogP contribution in [0.5, 0.6) is 0 Å². The third-order valence-corrected chi connectivity index (χ3v) is 9.34. The van der Waals surface area contributed by atoms with Crippen molar-refractivity contribution >= 4 is 12.0 Å². The van der Waals surface area contributed by atoms with Gasteiger partial charge in [0.25, 0.3) is 5.91 Å². The first-order valence-corrected chi connectivity index (χ1v) is 17.0. The van der Waals surface area contributed by atoms with E-state index in [-0.39, 0.29) is 24.0 Å². The molecule has 0 spiro atoms. The molecule has 2 heterocycles. The number of hydrogen-bond acceptors (Lipinski definition) is 5. The molecule has 48 heavy (non-hydrogen) atoms. The Morgan fingerprint density at radius 1 is 0.917 bits per heavy atom. The molecule has 3 aromatic carbocycles. The van der Waals surface area contributed by atoms with Gasteiger partial charge in [0.15, 0.2) is 5.69 Å². The summed E-state index contributed by atoms with van der Waals surface area (Å²) >= 11 is 0. The molecule has 252 valence electrons. The summed E-state index contributed by atoms with van der Waals surface area (Å²) in [6.07, 6.45) is 5.89. The molecule has 3 atom stereocenters. The van der Waals surface area contributed by atoms with Gasteiger partial charge in [-0.3, -0.25) is 9.69 Å². The molecule has 1 aliphatic heterocycles. The van der Waals surface area contributed by atoms with Gasteiger partial charge in [-0.25, -0.2) is 18.6 Å². The number of halogens is 2. The Kier molecular flexibility index (Phi) is 10.8. The molecule has 1 aliphatic carbocycles. The summed E-state index contributed by atoms with van der Waals surface area (Å²) in [5.41, 5.74) is 3.53. The molecule has 10 heteroatoms.